The highest BCUT2D eigenvalue weighted by molar-refractivity contribution is 8.77. The van der Waals surface area contributed by atoms with Crippen LogP contribution in [0.25, 0.3) is 0 Å². The number of carbonyl (C=O) groups excluding carboxylic acids is 2. The van der Waals surface area contributed by atoms with Gasteiger partial charge in [-0.15, -0.1) is 0 Å². The van der Waals surface area contributed by atoms with E-state index in [1.807, 2.05) is 48.9 Å². The predicted octanol–water partition coefficient (Wildman–Crippen LogP) is 6.52. The Hall–Kier alpha value is -0.630. The second-order valence-corrected chi connectivity index (χ2v) is 12.1. The number of benzene rings is 1. The van der Waals surface area contributed by atoms with Gasteiger partial charge in [0, 0.05) is 24.5 Å². The standard InChI is InChI=1S/C23H35NO3S3.C2H6/c1-18(25)23(29-19(2)26)17-20-8-10-21(11-9-20)27-15-14-24(3)13-6-4-5-7-22-12-16-28-30-22;1-2/h8-11,22-23H,4-7,12-17H2,1-3H3;1-2H3. The quantitative estimate of drug-likeness (QED) is 0.213. The van der Waals surface area contributed by atoms with Crippen molar-refractivity contribution in [1.29, 1.82) is 0 Å². The molecule has 0 N–H and O–H groups in total. The minimum Gasteiger partial charge on any atom is -0.492 e. The summed E-state index contributed by atoms with van der Waals surface area (Å²) in [6, 6.07) is 7.86. The van der Waals surface area contributed by atoms with Crippen molar-refractivity contribution >= 4 is 44.2 Å². The van der Waals surface area contributed by atoms with Gasteiger partial charge in [0.2, 0.25) is 0 Å². The molecule has 1 aliphatic rings. The summed E-state index contributed by atoms with van der Waals surface area (Å²) in [7, 11) is 6.27. The van der Waals surface area contributed by atoms with Crippen LogP contribution in [-0.4, -0.2) is 58.8 Å². The third kappa shape index (κ3) is 13.2. The third-order valence-corrected chi connectivity index (χ3v) is 9.26. The summed E-state index contributed by atoms with van der Waals surface area (Å²) in [5.74, 6) is 2.21. The Balaban J connectivity index is 0.00000249. The first-order valence-electron chi connectivity index (χ1n) is 11.8. The zero-order valence-corrected chi connectivity index (χ0v) is 22.9. The molecule has 1 aromatic rings. The molecule has 1 aromatic carbocycles. The SMILES string of the molecule is CC.CC(=O)SC(Cc1ccc(OCCN(C)CCCCCC2CCSS2)cc1)C(C)=O. The Labute approximate surface area is 207 Å². The first-order chi connectivity index (χ1) is 15.4. The minimum absolute atomic E-state index is 0.0220. The van der Waals surface area contributed by atoms with Crippen LogP contribution in [0.2, 0.25) is 0 Å². The Morgan fingerprint density at radius 3 is 2.44 bits per heavy atom. The molecule has 182 valence electrons. The molecule has 1 saturated heterocycles. The van der Waals surface area contributed by atoms with Crippen LogP contribution in [0.5, 0.6) is 5.75 Å². The first kappa shape index (κ1) is 29.4. The van der Waals surface area contributed by atoms with Crippen molar-refractivity contribution in [2.45, 2.75) is 76.7 Å². The maximum Gasteiger partial charge on any atom is 0.186 e. The summed E-state index contributed by atoms with van der Waals surface area (Å²) >= 11 is 1.11. The van der Waals surface area contributed by atoms with Gasteiger partial charge in [-0.25, -0.2) is 0 Å². The van der Waals surface area contributed by atoms with Crippen molar-refractivity contribution in [1.82, 2.24) is 4.90 Å². The van der Waals surface area contributed by atoms with Gasteiger partial charge in [0.25, 0.3) is 0 Å². The molecule has 1 fully saturated rings. The molecule has 2 atom stereocenters. The molecular weight excluding hydrogens is 458 g/mol. The maximum absolute atomic E-state index is 11.7. The minimum atomic E-state index is -0.307. The van der Waals surface area contributed by atoms with E-state index >= 15 is 0 Å². The van der Waals surface area contributed by atoms with E-state index in [2.05, 4.69) is 22.7 Å². The average molecular weight is 500 g/mol. The molecule has 7 heteroatoms. The summed E-state index contributed by atoms with van der Waals surface area (Å²) in [5, 5.41) is 0.568. The second-order valence-electron chi connectivity index (χ2n) is 7.89. The van der Waals surface area contributed by atoms with Crippen molar-refractivity contribution in [3.05, 3.63) is 29.8 Å². The van der Waals surface area contributed by atoms with Gasteiger partial charge < -0.3 is 9.64 Å². The topological polar surface area (TPSA) is 46.6 Å². The fraction of sp³-hybridized carbons (Fsp3) is 0.680. The summed E-state index contributed by atoms with van der Waals surface area (Å²) in [6.45, 7) is 9.75. The van der Waals surface area contributed by atoms with E-state index in [-0.39, 0.29) is 16.1 Å². The van der Waals surface area contributed by atoms with Gasteiger partial charge in [0.15, 0.2) is 5.12 Å². The molecule has 0 saturated carbocycles. The first-order valence-corrected chi connectivity index (χ1v) is 15.1. The van der Waals surface area contributed by atoms with Crippen molar-refractivity contribution < 1.29 is 14.3 Å². The van der Waals surface area contributed by atoms with Crippen molar-refractivity contribution in [3.8, 4) is 5.75 Å². The van der Waals surface area contributed by atoms with Gasteiger partial charge in [-0.05, 0) is 63.9 Å². The van der Waals surface area contributed by atoms with Crippen LogP contribution in [0.3, 0.4) is 0 Å². The second kappa shape index (κ2) is 17.8. The Morgan fingerprint density at radius 2 is 1.84 bits per heavy atom. The van der Waals surface area contributed by atoms with Crippen LogP contribution >= 0.6 is 33.3 Å². The van der Waals surface area contributed by atoms with Crippen LogP contribution in [-0.2, 0) is 16.0 Å². The summed E-state index contributed by atoms with van der Waals surface area (Å²) in [5.41, 5.74) is 1.04. The van der Waals surface area contributed by atoms with E-state index in [9.17, 15) is 9.59 Å². The number of unbranched alkanes of at least 4 members (excludes halogenated alkanes) is 2. The molecule has 0 spiro atoms. The predicted molar refractivity (Wildman–Crippen MR) is 144 cm³/mol. The molecule has 0 aliphatic carbocycles. The largest absolute Gasteiger partial charge is 0.492 e. The normalized spacial score (nSPS) is 16.4. The molecule has 2 rings (SSSR count). The van der Waals surface area contributed by atoms with E-state index in [0.29, 0.717) is 13.0 Å². The molecule has 1 heterocycles. The van der Waals surface area contributed by atoms with Crippen molar-refractivity contribution in [3.63, 3.8) is 0 Å². The third-order valence-electron chi connectivity index (χ3n) is 5.14. The smallest absolute Gasteiger partial charge is 0.186 e. The molecular formula is C25H41NO3S3. The van der Waals surface area contributed by atoms with Gasteiger partial charge in [-0.3, -0.25) is 9.59 Å². The van der Waals surface area contributed by atoms with Gasteiger partial charge >= 0.3 is 0 Å². The van der Waals surface area contributed by atoms with Gasteiger partial charge in [-0.2, -0.15) is 0 Å². The van der Waals surface area contributed by atoms with Crippen LogP contribution in [0.1, 0.15) is 65.4 Å². The number of ketones is 1. The Bertz CT molecular complexity index is 648. The van der Waals surface area contributed by atoms with Gasteiger partial charge in [-0.1, -0.05) is 72.2 Å². The lowest BCUT2D eigenvalue weighted by molar-refractivity contribution is -0.117. The molecule has 32 heavy (non-hydrogen) atoms. The van der Waals surface area contributed by atoms with Crippen molar-refractivity contribution in [2.24, 2.45) is 0 Å². The lowest BCUT2D eigenvalue weighted by Gasteiger charge is -2.17. The fourth-order valence-electron chi connectivity index (χ4n) is 3.33. The summed E-state index contributed by atoms with van der Waals surface area (Å²) in [4.78, 5) is 25.4. The molecule has 0 aromatic heterocycles. The number of thioether (sulfide) groups is 1. The van der Waals surface area contributed by atoms with Crippen LogP contribution in [0, 0.1) is 0 Å². The number of carbonyl (C=O) groups is 2. The van der Waals surface area contributed by atoms with E-state index in [4.69, 9.17) is 4.74 Å². The van der Waals surface area contributed by atoms with Crippen LogP contribution < -0.4 is 4.74 Å². The van der Waals surface area contributed by atoms with Crippen LogP contribution in [0.4, 0.5) is 0 Å². The lowest BCUT2D eigenvalue weighted by atomic mass is 10.1. The van der Waals surface area contributed by atoms with E-state index in [1.165, 1.54) is 44.8 Å². The number of nitrogens with zero attached hydrogens (tertiary/aromatic N) is 1. The Kier molecular flexibility index (Phi) is 16.3. The van der Waals surface area contributed by atoms with Crippen LogP contribution in [0.15, 0.2) is 24.3 Å². The highest BCUT2D eigenvalue weighted by atomic mass is 33.1. The molecule has 0 bridgehead atoms. The highest BCUT2D eigenvalue weighted by Crippen LogP contribution is 2.39. The monoisotopic (exact) mass is 499 g/mol. The molecule has 0 amide bonds. The molecule has 0 radical (unpaired) electrons. The number of ether oxygens (including phenoxy) is 1. The maximum atomic E-state index is 11.7. The molecule has 1 aliphatic heterocycles. The zero-order chi connectivity index (χ0) is 23.8. The molecule has 2 unspecified atom stereocenters. The van der Waals surface area contributed by atoms with Gasteiger partial charge in [0.1, 0.15) is 18.1 Å². The molecule has 4 nitrogen and oxygen atoms in total. The number of hydrogen-bond acceptors (Lipinski definition) is 7. The fourth-order valence-corrected chi connectivity index (χ4v) is 7.20. The van der Waals surface area contributed by atoms with E-state index < -0.39 is 0 Å². The lowest BCUT2D eigenvalue weighted by Crippen LogP contribution is -2.25. The zero-order valence-electron chi connectivity index (χ0n) is 20.4. The van der Waals surface area contributed by atoms with E-state index in [0.717, 1.165) is 41.4 Å². The average Bonchev–Trinajstić information content (AvgIpc) is 3.29. The van der Waals surface area contributed by atoms with E-state index in [1.54, 1.807) is 6.92 Å². The van der Waals surface area contributed by atoms with Crippen molar-refractivity contribution in [2.75, 3.05) is 32.5 Å². The summed E-state index contributed by atoms with van der Waals surface area (Å²) < 4.78 is 5.87. The summed E-state index contributed by atoms with van der Waals surface area (Å²) in [6.07, 6.45) is 7.26. The number of likely N-dealkylation sites (N-methyl/N-ethyl adjacent to an activating group) is 1. The number of Topliss-reactive ketones (excluding diaryl/α,β-unsaturated/α-hetero) is 1. The van der Waals surface area contributed by atoms with Gasteiger partial charge in [0.05, 0.1) is 5.25 Å². The highest BCUT2D eigenvalue weighted by Gasteiger charge is 2.18. The number of rotatable bonds is 14. The Morgan fingerprint density at radius 1 is 1.12 bits per heavy atom. The number of hydrogen-bond donors (Lipinski definition) is 0.